The molecule has 0 aliphatic heterocycles. The highest BCUT2D eigenvalue weighted by Crippen LogP contribution is 2.33. The van der Waals surface area contributed by atoms with Gasteiger partial charge in [-0.25, -0.2) is 5.41 Å². The fraction of sp³-hybridized carbons (Fsp3) is 0.273. The van der Waals surface area contributed by atoms with Gasteiger partial charge in [-0.05, 0) is 19.1 Å². The molecular formula is C11H12Cl3N2O2+. The molecule has 4 nitrogen and oxygen atoms in total. The Kier molecular flexibility index (Phi) is 5.72. The predicted octanol–water partition coefficient (Wildman–Crippen LogP) is 2.17. The van der Waals surface area contributed by atoms with Crippen LogP contribution in [0.4, 0.5) is 5.69 Å². The molecule has 0 bridgehead atoms. The highest BCUT2D eigenvalue weighted by Gasteiger charge is 2.15. The number of nitrogens with one attached hydrogen (secondary N) is 1. The van der Waals surface area contributed by atoms with Crippen molar-refractivity contribution in [3.05, 3.63) is 27.2 Å². The predicted molar refractivity (Wildman–Crippen MR) is 73.3 cm³/mol. The Balaban J connectivity index is 2.73. The fourth-order valence-electron chi connectivity index (χ4n) is 1.24. The van der Waals surface area contributed by atoms with E-state index >= 15 is 0 Å². The molecule has 0 fully saturated rings. The molecule has 3 N–H and O–H groups in total. The first-order chi connectivity index (χ1) is 8.43. The quantitative estimate of drug-likeness (QED) is 0.661. The molecule has 0 aromatic heterocycles. The summed E-state index contributed by atoms with van der Waals surface area (Å²) in [5.41, 5.74) is 0.303. The Morgan fingerprint density at radius 1 is 1.33 bits per heavy atom. The molecule has 0 aliphatic rings. The molecule has 1 amide bonds. The summed E-state index contributed by atoms with van der Waals surface area (Å²) in [6, 6.07) is 2.97. The van der Waals surface area contributed by atoms with Crippen molar-refractivity contribution in [3.8, 4) is 0 Å². The minimum absolute atomic E-state index is 0.0663. The molecular weight excluding hydrogens is 298 g/mol. The van der Waals surface area contributed by atoms with Crippen LogP contribution in [0, 0.1) is 0 Å². The smallest absolute Gasteiger partial charge is 0.342 e. The molecule has 0 heterocycles. The number of benzene rings is 1. The lowest BCUT2D eigenvalue weighted by Crippen LogP contribution is -2.43. The van der Waals surface area contributed by atoms with Gasteiger partial charge in [0.25, 0.3) is 0 Å². The van der Waals surface area contributed by atoms with Crippen LogP contribution < -0.4 is 10.7 Å². The van der Waals surface area contributed by atoms with E-state index in [0.717, 1.165) is 0 Å². The zero-order valence-electron chi connectivity index (χ0n) is 9.60. The zero-order chi connectivity index (χ0) is 13.7. The van der Waals surface area contributed by atoms with E-state index in [9.17, 15) is 4.79 Å². The number of carbonyl (C=O) groups excluding carboxylic acids is 1. The van der Waals surface area contributed by atoms with Gasteiger partial charge in [0.05, 0.1) is 22.3 Å². The summed E-state index contributed by atoms with van der Waals surface area (Å²) in [5, 5.41) is 8.95. The maximum Gasteiger partial charge on any atom is 0.342 e. The van der Waals surface area contributed by atoms with Crippen molar-refractivity contribution in [2.24, 2.45) is 0 Å². The van der Waals surface area contributed by atoms with Crippen molar-refractivity contribution in [1.82, 2.24) is 0 Å². The lowest BCUT2D eigenvalue weighted by Gasteiger charge is -2.09. The summed E-state index contributed by atoms with van der Waals surface area (Å²) in [7, 11) is 0. The van der Waals surface area contributed by atoms with Crippen molar-refractivity contribution in [2.75, 3.05) is 11.9 Å². The Morgan fingerprint density at radius 2 is 1.89 bits per heavy atom. The molecule has 1 aromatic carbocycles. The lowest BCUT2D eigenvalue weighted by atomic mass is 10.3. The number of anilines is 1. The van der Waals surface area contributed by atoms with E-state index in [-0.39, 0.29) is 28.3 Å². The molecule has 1 aromatic rings. The summed E-state index contributed by atoms with van der Waals surface area (Å²) in [4.78, 5) is 11.6. The Bertz CT molecular complexity index is 454. The topological polar surface area (TPSA) is 63.9 Å². The third-order valence-electron chi connectivity index (χ3n) is 1.94. The third kappa shape index (κ3) is 4.37. The molecule has 0 saturated heterocycles. The maximum atomic E-state index is 11.6. The van der Waals surface area contributed by atoms with E-state index in [1.807, 2.05) is 0 Å². The number of ether oxygens (including phenoxy) is 1. The Morgan fingerprint density at radius 3 is 2.39 bits per heavy atom. The van der Waals surface area contributed by atoms with Crippen LogP contribution in [0.1, 0.15) is 13.3 Å². The van der Waals surface area contributed by atoms with Crippen LogP contribution >= 0.6 is 34.8 Å². The van der Waals surface area contributed by atoms with Crippen LogP contribution in [0.25, 0.3) is 0 Å². The third-order valence-corrected chi connectivity index (χ3v) is 2.75. The second kappa shape index (κ2) is 6.83. The van der Waals surface area contributed by atoms with Gasteiger partial charge in [0.1, 0.15) is 6.42 Å². The number of nitrogens with two attached hydrogens (primary N) is 1. The molecule has 1 rings (SSSR count). The number of hydrogen-bond donors (Lipinski definition) is 2. The van der Waals surface area contributed by atoms with Gasteiger partial charge in [0.15, 0.2) is 0 Å². The summed E-state index contributed by atoms with van der Waals surface area (Å²) >= 11 is 17.6. The monoisotopic (exact) mass is 309 g/mol. The number of halogens is 3. The highest BCUT2D eigenvalue weighted by atomic mass is 35.5. The van der Waals surface area contributed by atoms with Gasteiger partial charge in [-0.1, -0.05) is 34.8 Å². The lowest BCUT2D eigenvalue weighted by molar-refractivity contribution is -0.145. The van der Waals surface area contributed by atoms with Crippen LogP contribution in [-0.4, -0.2) is 18.4 Å². The van der Waals surface area contributed by atoms with Crippen molar-refractivity contribution in [2.45, 2.75) is 13.3 Å². The van der Waals surface area contributed by atoms with Crippen LogP contribution in [0.3, 0.4) is 0 Å². The maximum absolute atomic E-state index is 11.6. The van der Waals surface area contributed by atoms with Crippen molar-refractivity contribution in [1.29, 1.82) is 0 Å². The molecule has 7 heteroatoms. The van der Waals surface area contributed by atoms with Gasteiger partial charge >= 0.3 is 5.90 Å². The van der Waals surface area contributed by atoms with E-state index in [1.54, 1.807) is 6.92 Å². The van der Waals surface area contributed by atoms with Crippen LogP contribution in [-0.2, 0) is 9.53 Å². The van der Waals surface area contributed by atoms with E-state index < -0.39 is 0 Å². The van der Waals surface area contributed by atoms with Crippen LogP contribution in [0.2, 0.25) is 15.1 Å². The minimum atomic E-state index is -0.368. The minimum Gasteiger partial charge on any atom is -0.448 e. The largest absolute Gasteiger partial charge is 0.448 e. The number of rotatable bonds is 4. The zero-order valence-corrected chi connectivity index (χ0v) is 11.9. The fourth-order valence-corrected chi connectivity index (χ4v) is 2.15. The van der Waals surface area contributed by atoms with Gasteiger partial charge < -0.3 is 10.1 Å². The molecule has 98 valence electrons. The van der Waals surface area contributed by atoms with Gasteiger partial charge in [-0.3, -0.25) is 4.79 Å². The van der Waals surface area contributed by atoms with E-state index in [1.165, 1.54) is 12.1 Å². The molecule has 0 spiro atoms. The summed E-state index contributed by atoms with van der Waals surface area (Å²) in [6.07, 6.45) is -0.0663. The van der Waals surface area contributed by atoms with Gasteiger partial charge in [0.2, 0.25) is 5.91 Å². The summed E-state index contributed by atoms with van der Waals surface area (Å²) < 4.78 is 4.98. The number of hydrogen-bond acceptors (Lipinski definition) is 2. The summed E-state index contributed by atoms with van der Waals surface area (Å²) in [6.45, 7) is 2.18. The van der Waals surface area contributed by atoms with E-state index in [2.05, 4.69) is 5.32 Å². The first-order valence-corrected chi connectivity index (χ1v) is 6.26. The van der Waals surface area contributed by atoms with E-state index in [4.69, 9.17) is 44.9 Å². The normalized spacial score (nSPS) is 10.0. The number of carbonyl (C=O) groups is 1. The van der Waals surface area contributed by atoms with E-state index in [0.29, 0.717) is 17.3 Å². The van der Waals surface area contributed by atoms with Crippen molar-refractivity contribution < 1.29 is 14.9 Å². The standard InChI is InChI=1S/C11H11Cl3N2O2/c1-2-18-9(15)5-10(17)16-11-7(13)3-6(12)4-8(11)14/h3-4,15H,2,5H2,1H3,(H,16,17)/p+1. The average molecular weight is 311 g/mol. The Labute approximate surface area is 120 Å². The van der Waals surface area contributed by atoms with Crippen LogP contribution in [0.5, 0.6) is 0 Å². The van der Waals surface area contributed by atoms with Gasteiger partial charge in [-0.15, -0.1) is 0 Å². The molecule has 0 unspecified atom stereocenters. The molecule has 0 aliphatic carbocycles. The number of amides is 1. The first-order valence-electron chi connectivity index (χ1n) is 5.12. The second-order valence-electron chi connectivity index (χ2n) is 3.37. The second-order valence-corrected chi connectivity index (χ2v) is 4.62. The Hall–Kier alpha value is -0.970. The first kappa shape index (κ1) is 15.1. The summed E-state index contributed by atoms with van der Waals surface area (Å²) in [5.74, 6) is -0.233. The van der Waals surface area contributed by atoms with Crippen molar-refractivity contribution >= 4 is 52.3 Å². The molecule has 18 heavy (non-hydrogen) atoms. The van der Waals surface area contributed by atoms with Gasteiger partial charge in [0, 0.05) is 5.02 Å². The molecule has 0 radical (unpaired) electrons. The average Bonchev–Trinajstić information content (AvgIpc) is 2.23. The molecule has 0 saturated carbocycles. The highest BCUT2D eigenvalue weighted by molar-refractivity contribution is 6.42. The SMILES string of the molecule is CCOC(=[NH2+])CC(=O)Nc1c(Cl)cc(Cl)cc1Cl. The van der Waals surface area contributed by atoms with Crippen molar-refractivity contribution in [3.63, 3.8) is 0 Å². The molecule has 0 atom stereocenters. The van der Waals surface area contributed by atoms with Crippen LogP contribution in [0.15, 0.2) is 12.1 Å². The van der Waals surface area contributed by atoms with Gasteiger partial charge in [-0.2, -0.15) is 0 Å².